The lowest BCUT2D eigenvalue weighted by Gasteiger charge is -2.31. The molecular formula is C12H27ClN2O2S. The average Bonchev–Trinajstić information content (AvgIpc) is 2.36. The Morgan fingerprint density at radius 3 is 2.17 bits per heavy atom. The first kappa shape index (κ1) is 18.2. The van der Waals surface area contributed by atoms with E-state index in [1.165, 1.54) is 0 Å². The summed E-state index contributed by atoms with van der Waals surface area (Å²) in [5, 5.41) is 3.26. The summed E-state index contributed by atoms with van der Waals surface area (Å²) in [4.78, 5) is 0. The van der Waals surface area contributed by atoms with Gasteiger partial charge in [-0.15, -0.1) is 12.4 Å². The highest BCUT2D eigenvalue weighted by atomic mass is 35.5. The molecule has 0 amide bonds. The molecule has 0 aromatic carbocycles. The highest BCUT2D eigenvalue weighted by Crippen LogP contribution is 2.18. The Balaban J connectivity index is 0.00000289. The van der Waals surface area contributed by atoms with Gasteiger partial charge in [0.1, 0.15) is 0 Å². The fraction of sp³-hybridized carbons (Fsp3) is 1.00. The summed E-state index contributed by atoms with van der Waals surface area (Å²) in [6.07, 6.45) is 3.74. The maximum Gasteiger partial charge on any atom is 0.214 e. The van der Waals surface area contributed by atoms with E-state index in [1.807, 2.05) is 0 Å². The van der Waals surface area contributed by atoms with Crippen LogP contribution in [0.15, 0.2) is 0 Å². The minimum absolute atomic E-state index is 0. The van der Waals surface area contributed by atoms with Gasteiger partial charge in [-0.05, 0) is 31.8 Å². The molecule has 0 aliphatic carbocycles. The van der Waals surface area contributed by atoms with Crippen molar-refractivity contribution in [3.63, 3.8) is 0 Å². The van der Waals surface area contributed by atoms with Crippen LogP contribution in [0.1, 0.15) is 39.5 Å². The Bertz CT molecular complexity index is 312. The van der Waals surface area contributed by atoms with Crippen LogP contribution in [-0.4, -0.2) is 44.7 Å². The zero-order chi connectivity index (χ0) is 12.9. The molecule has 18 heavy (non-hydrogen) atoms. The van der Waals surface area contributed by atoms with E-state index in [0.29, 0.717) is 11.7 Å². The molecule has 1 heterocycles. The average molecular weight is 299 g/mol. The standard InChI is InChI=1S/C12H26N2O2S.ClH/c1-4-11(5-2)10-17(15,16)14(3)12-6-8-13-9-7-12;/h11-13H,4-10H2,1-3H3;1H. The molecular weight excluding hydrogens is 272 g/mol. The molecule has 0 aromatic rings. The quantitative estimate of drug-likeness (QED) is 0.814. The van der Waals surface area contributed by atoms with Crippen LogP contribution in [0, 0.1) is 5.92 Å². The van der Waals surface area contributed by atoms with Crippen molar-refractivity contribution in [2.45, 2.75) is 45.6 Å². The van der Waals surface area contributed by atoms with E-state index in [4.69, 9.17) is 0 Å². The van der Waals surface area contributed by atoms with Gasteiger partial charge in [0.15, 0.2) is 0 Å². The number of hydrogen-bond acceptors (Lipinski definition) is 3. The topological polar surface area (TPSA) is 49.4 Å². The van der Waals surface area contributed by atoms with E-state index in [0.717, 1.165) is 38.8 Å². The van der Waals surface area contributed by atoms with Gasteiger partial charge in [-0.2, -0.15) is 0 Å². The second-order valence-electron chi connectivity index (χ2n) is 4.96. The summed E-state index contributed by atoms with van der Waals surface area (Å²) in [5.74, 6) is 0.602. The van der Waals surface area contributed by atoms with Crippen LogP contribution in [0.4, 0.5) is 0 Å². The Morgan fingerprint density at radius 2 is 1.72 bits per heavy atom. The van der Waals surface area contributed by atoms with E-state index >= 15 is 0 Å². The molecule has 0 bridgehead atoms. The molecule has 0 aromatic heterocycles. The summed E-state index contributed by atoms with van der Waals surface area (Å²) in [6.45, 7) is 5.98. The lowest BCUT2D eigenvalue weighted by Crippen LogP contribution is -2.45. The zero-order valence-corrected chi connectivity index (χ0v) is 13.3. The molecule has 0 radical (unpaired) electrons. The van der Waals surface area contributed by atoms with Crippen LogP contribution in [0.2, 0.25) is 0 Å². The van der Waals surface area contributed by atoms with Gasteiger partial charge in [0, 0.05) is 13.1 Å². The van der Waals surface area contributed by atoms with Crippen molar-refractivity contribution in [3.8, 4) is 0 Å². The van der Waals surface area contributed by atoms with Gasteiger partial charge in [0.2, 0.25) is 10.0 Å². The summed E-state index contributed by atoms with van der Waals surface area (Å²) in [7, 11) is -1.33. The molecule has 1 rings (SSSR count). The number of nitrogens with zero attached hydrogens (tertiary/aromatic N) is 1. The molecule has 110 valence electrons. The summed E-state index contributed by atoms with van der Waals surface area (Å²) in [6, 6.07) is 0.190. The van der Waals surface area contributed by atoms with Gasteiger partial charge < -0.3 is 5.32 Å². The highest BCUT2D eigenvalue weighted by molar-refractivity contribution is 7.89. The molecule has 1 saturated heterocycles. The molecule has 1 N–H and O–H groups in total. The second-order valence-corrected chi connectivity index (χ2v) is 7.03. The highest BCUT2D eigenvalue weighted by Gasteiger charge is 2.28. The van der Waals surface area contributed by atoms with E-state index in [9.17, 15) is 8.42 Å². The molecule has 1 aliphatic rings. The molecule has 0 spiro atoms. The third-order valence-electron chi connectivity index (χ3n) is 3.86. The van der Waals surface area contributed by atoms with Crippen LogP contribution >= 0.6 is 12.4 Å². The van der Waals surface area contributed by atoms with Crippen molar-refractivity contribution in [2.24, 2.45) is 5.92 Å². The third-order valence-corrected chi connectivity index (χ3v) is 5.93. The Kier molecular flexibility index (Phi) is 8.43. The molecule has 1 aliphatic heterocycles. The Morgan fingerprint density at radius 1 is 1.22 bits per heavy atom. The van der Waals surface area contributed by atoms with Crippen molar-refractivity contribution in [1.82, 2.24) is 9.62 Å². The SMILES string of the molecule is CCC(CC)CS(=O)(=O)N(C)C1CCNCC1.Cl. The first-order chi connectivity index (χ1) is 8.01. The van der Waals surface area contributed by atoms with Crippen molar-refractivity contribution in [2.75, 3.05) is 25.9 Å². The second kappa shape index (κ2) is 8.35. The molecule has 0 atom stereocenters. The molecule has 6 heteroatoms. The number of piperidine rings is 1. The van der Waals surface area contributed by atoms with Gasteiger partial charge in [0.25, 0.3) is 0 Å². The van der Waals surface area contributed by atoms with E-state index in [-0.39, 0.29) is 18.4 Å². The van der Waals surface area contributed by atoms with Crippen LogP contribution in [-0.2, 0) is 10.0 Å². The summed E-state index contributed by atoms with van der Waals surface area (Å²) in [5.41, 5.74) is 0. The van der Waals surface area contributed by atoms with Gasteiger partial charge in [0.05, 0.1) is 5.75 Å². The normalized spacial score (nSPS) is 18.1. The van der Waals surface area contributed by atoms with E-state index in [1.54, 1.807) is 11.4 Å². The number of nitrogens with one attached hydrogen (secondary N) is 1. The number of hydrogen-bond donors (Lipinski definition) is 1. The largest absolute Gasteiger partial charge is 0.317 e. The van der Waals surface area contributed by atoms with Gasteiger partial charge >= 0.3 is 0 Å². The Hall–Kier alpha value is 0.160. The van der Waals surface area contributed by atoms with Crippen molar-refractivity contribution in [3.05, 3.63) is 0 Å². The maximum absolute atomic E-state index is 12.3. The number of sulfonamides is 1. The van der Waals surface area contributed by atoms with E-state index in [2.05, 4.69) is 19.2 Å². The summed E-state index contributed by atoms with van der Waals surface area (Å²) < 4.78 is 26.1. The van der Waals surface area contributed by atoms with Crippen LogP contribution in [0.25, 0.3) is 0 Å². The molecule has 0 unspecified atom stereocenters. The van der Waals surface area contributed by atoms with Crippen LogP contribution in [0.3, 0.4) is 0 Å². The minimum atomic E-state index is -3.08. The lowest BCUT2D eigenvalue weighted by molar-refractivity contribution is 0.294. The minimum Gasteiger partial charge on any atom is -0.317 e. The Labute approximate surface area is 118 Å². The molecule has 0 saturated carbocycles. The number of rotatable bonds is 6. The third kappa shape index (κ3) is 5.03. The number of halogens is 1. The van der Waals surface area contributed by atoms with Crippen molar-refractivity contribution >= 4 is 22.4 Å². The fourth-order valence-electron chi connectivity index (χ4n) is 2.34. The molecule has 1 fully saturated rings. The first-order valence-electron chi connectivity index (χ1n) is 6.67. The predicted molar refractivity (Wildman–Crippen MR) is 78.8 cm³/mol. The predicted octanol–water partition coefficient (Wildman–Crippen LogP) is 1.86. The van der Waals surface area contributed by atoms with Crippen LogP contribution in [0.5, 0.6) is 0 Å². The summed E-state index contributed by atoms with van der Waals surface area (Å²) >= 11 is 0. The zero-order valence-electron chi connectivity index (χ0n) is 11.7. The first-order valence-corrected chi connectivity index (χ1v) is 8.28. The maximum atomic E-state index is 12.3. The monoisotopic (exact) mass is 298 g/mol. The van der Waals surface area contributed by atoms with Crippen LogP contribution < -0.4 is 5.32 Å². The van der Waals surface area contributed by atoms with Gasteiger partial charge in [-0.1, -0.05) is 26.7 Å². The van der Waals surface area contributed by atoms with Gasteiger partial charge in [-0.3, -0.25) is 0 Å². The smallest absolute Gasteiger partial charge is 0.214 e. The molecule has 4 nitrogen and oxygen atoms in total. The van der Waals surface area contributed by atoms with Crippen molar-refractivity contribution < 1.29 is 8.42 Å². The lowest BCUT2D eigenvalue weighted by atomic mass is 10.1. The van der Waals surface area contributed by atoms with Crippen molar-refractivity contribution in [1.29, 1.82) is 0 Å². The van der Waals surface area contributed by atoms with Gasteiger partial charge in [-0.25, -0.2) is 12.7 Å². The fourth-order valence-corrected chi connectivity index (χ4v) is 4.30. The van der Waals surface area contributed by atoms with E-state index < -0.39 is 10.0 Å².